The highest BCUT2D eigenvalue weighted by Gasteiger charge is 2.20. The van der Waals surface area contributed by atoms with Crippen molar-refractivity contribution in [3.05, 3.63) is 176 Å². The Morgan fingerprint density at radius 2 is 0.932 bits per heavy atom. The Bertz CT molecular complexity index is 2230. The summed E-state index contributed by atoms with van der Waals surface area (Å²) < 4.78 is 6.60. The Balaban J connectivity index is 1.32. The number of hydrogen-bond acceptors (Lipinski definition) is 2. The lowest BCUT2D eigenvalue weighted by Crippen LogP contribution is -2.10. The number of hydrogen-bond donors (Lipinski definition) is 0. The Kier molecular flexibility index (Phi) is 6.51. The van der Waals surface area contributed by atoms with Gasteiger partial charge in [0.05, 0.1) is 0 Å². The van der Waals surface area contributed by atoms with Crippen LogP contribution in [0.15, 0.2) is 180 Å². The minimum atomic E-state index is 0.871. The molecule has 0 fully saturated rings. The highest BCUT2D eigenvalue weighted by Crippen LogP contribution is 2.44. The van der Waals surface area contributed by atoms with Crippen LogP contribution in [-0.2, 0) is 0 Å². The zero-order valence-corrected chi connectivity index (χ0v) is 24.1. The molecule has 0 saturated carbocycles. The maximum Gasteiger partial charge on any atom is 0.143 e. The lowest BCUT2D eigenvalue weighted by Gasteiger charge is -2.27. The fraction of sp³-hybridized carbons (Fsp3) is 0. The largest absolute Gasteiger partial charge is 0.455 e. The number of furan rings is 1. The van der Waals surface area contributed by atoms with Gasteiger partial charge in [0.25, 0.3) is 0 Å². The quantitative estimate of drug-likeness (QED) is 0.200. The van der Waals surface area contributed by atoms with Gasteiger partial charge in [-0.1, -0.05) is 133 Å². The van der Waals surface area contributed by atoms with Gasteiger partial charge < -0.3 is 9.32 Å². The second-order valence-corrected chi connectivity index (χ2v) is 11.0. The highest BCUT2D eigenvalue weighted by molar-refractivity contribution is 6.02. The van der Waals surface area contributed by atoms with Gasteiger partial charge in [-0.25, -0.2) is 0 Å². The summed E-state index contributed by atoms with van der Waals surface area (Å²) in [6.45, 7) is 0. The molecule has 0 radical (unpaired) electrons. The van der Waals surface area contributed by atoms with Crippen molar-refractivity contribution in [1.29, 1.82) is 0 Å². The first-order valence-corrected chi connectivity index (χ1v) is 14.9. The van der Waals surface area contributed by atoms with Crippen LogP contribution in [0.1, 0.15) is 0 Å². The van der Waals surface area contributed by atoms with E-state index in [1.54, 1.807) is 0 Å². The van der Waals surface area contributed by atoms with Gasteiger partial charge in [-0.15, -0.1) is 0 Å². The molecule has 0 unspecified atom stereocenters. The molecule has 208 valence electrons. The van der Waals surface area contributed by atoms with E-state index in [1.807, 2.05) is 12.1 Å². The van der Waals surface area contributed by atoms with Gasteiger partial charge >= 0.3 is 0 Å². The Labute approximate surface area is 257 Å². The average molecular weight is 564 g/mol. The minimum absolute atomic E-state index is 0.871. The van der Waals surface area contributed by atoms with Crippen LogP contribution >= 0.6 is 0 Å². The van der Waals surface area contributed by atoms with E-state index in [9.17, 15) is 0 Å². The van der Waals surface area contributed by atoms with Crippen LogP contribution < -0.4 is 4.90 Å². The summed E-state index contributed by atoms with van der Waals surface area (Å²) >= 11 is 0. The Morgan fingerprint density at radius 1 is 0.364 bits per heavy atom. The molecule has 2 heteroatoms. The zero-order valence-electron chi connectivity index (χ0n) is 24.1. The first kappa shape index (κ1) is 25.8. The summed E-state index contributed by atoms with van der Waals surface area (Å²) in [6, 6.07) is 62.0. The molecule has 0 spiro atoms. The SMILES string of the molecule is c1ccc(-c2cccc(N(c3cccc(-c4oc5ccccc5c4-c4ccccc4)c3)c3ccc4ccccc4c3)c2)cc1. The van der Waals surface area contributed by atoms with E-state index in [-0.39, 0.29) is 0 Å². The summed E-state index contributed by atoms with van der Waals surface area (Å²) in [5.41, 5.74) is 9.77. The van der Waals surface area contributed by atoms with Crippen LogP contribution in [0.3, 0.4) is 0 Å². The molecule has 0 aliphatic rings. The zero-order chi connectivity index (χ0) is 29.3. The molecule has 0 bridgehead atoms. The highest BCUT2D eigenvalue weighted by atomic mass is 16.3. The third-order valence-corrected chi connectivity index (χ3v) is 8.23. The molecule has 0 saturated heterocycles. The number of nitrogens with zero attached hydrogens (tertiary/aromatic N) is 1. The molecule has 0 N–H and O–H groups in total. The summed E-state index contributed by atoms with van der Waals surface area (Å²) in [7, 11) is 0. The van der Waals surface area contributed by atoms with Crippen molar-refractivity contribution in [3.63, 3.8) is 0 Å². The number of fused-ring (bicyclic) bond motifs is 2. The molecule has 1 heterocycles. The number of rotatable bonds is 6. The fourth-order valence-electron chi connectivity index (χ4n) is 6.14. The molecule has 44 heavy (non-hydrogen) atoms. The summed E-state index contributed by atoms with van der Waals surface area (Å²) in [6.07, 6.45) is 0. The lowest BCUT2D eigenvalue weighted by molar-refractivity contribution is 0.632. The standard InChI is InChI=1S/C42H29NO/c1-3-13-30(14-4-1)34-19-11-21-36(27-34)43(38-26-25-31-15-7-8-18-33(31)28-38)37-22-12-20-35(29-37)42-41(32-16-5-2-6-17-32)39-23-9-10-24-40(39)44-42/h1-29H. The van der Waals surface area contributed by atoms with Crippen molar-refractivity contribution in [3.8, 4) is 33.6 Å². The van der Waals surface area contributed by atoms with E-state index < -0.39 is 0 Å². The van der Waals surface area contributed by atoms with Gasteiger partial charge in [0.1, 0.15) is 11.3 Å². The molecule has 0 atom stereocenters. The number of para-hydroxylation sites is 1. The van der Waals surface area contributed by atoms with Crippen molar-refractivity contribution in [1.82, 2.24) is 0 Å². The van der Waals surface area contributed by atoms with Crippen LogP contribution in [-0.4, -0.2) is 0 Å². The number of benzene rings is 7. The van der Waals surface area contributed by atoms with Crippen LogP contribution in [0.5, 0.6) is 0 Å². The van der Waals surface area contributed by atoms with Crippen molar-refractivity contribution >= 4 is 38.8 Å². The van der Waals surface area contributed by atoms with Gasteiger partial charge in [0.2, 0.25) is 0 Å². The van der Waals surface area contributed by atoms with E-state index in [1.165, 1.54) is 21.9 Å². The van der Waals surface area contributed by atoms with Crippen molar-refractivity contribution in [2.24, 2.45) is 0 Å². The fourth-order valence-corrected chi connectivity index (χ4v) is 6.14. The van der Waals surface area contributed by atoms with Crippen molar-refractivity contribution in [2.75, 3.05) is 4.90 Å². The summed E-state index contributed by atoms with van der Waals surface area (Å²) in [4.78, 5) is 2.34. The predicted molar refractivity (Wildman–Crippen MR) is 185 cm³/mol. The number of anilines is 3. The third-order valence-electron chi connectivity index (χ3n) is 8.23. The second-order valence-electron chi connectivity index (χ2n) is 11.0. The topological polar surface area (TPSA) is 16.4 Å². The van der Waals surface area contributed by atoms with Crippen molar-refractivity contribution < 1.29 is 4.42 Å². The van der Waals surface area contributed by atoms with E-state index >= 15 is 0 Å². The molecule has 8 aromatic rings. The molecule has 2 nitrogen and oxygen atoms in total. The monoisotopic (exact) mass is 563 g/mol. The van der Waals surface area contributed by atoms with Gasteiger partial charge in [0, 0.05) is 33.6 Å². The predicted octanol–water partition coefficient (Wildman–Crippen LogP) is 12.1. The van der Waals surface area contributed by atoms with Crippen LogP contribution in [0, 0.1) is 0 Å². The molecule has 7 aromatic carbocycles. The molecule has 1 aromatic heterocycles. The van der Waals surface area contributed by atoms with Gasteiger partial charge in [-0.3, -0.25) is 0 Å². The Hall–Kier alpha value is -5.86. The molecular weight excluding hydrogens is 534 g/mol. The molecule has 0 amide bonds. The van der Waals surface area contributed by atoms with Crippen LogP contribution in [0.2, 0.25) is 0 Å². The first-order valence-electron chi connectivity index (χ1n) is 14.9. The van der Waals surface area contributed by atoms with Gasteiger partial charge in [-0.2, -0.15) is 0 Å². The van der Waals surface area contributed by atoms with E-state index in [0.717, 1.165) is 50.5 Å². The molecular formula is C42H29NO. The maximum absolute atomic E-state index is 6.60. The van der Waals surface area contributed by atoms with Crippen molar-refractivity contribution in [2.45, 2.75) is 0 Å². The first-order chi connectivity index (χ1) is 21.8. The van der Waals surface area contributed by atoms with E-state index in [4.69, 9.17) is 4.42 Å². The summed E-state index contributed by atoms with van der Waals surface area (Å²) in [5, 5.41) is 3.54. The summed E-state index contributed by atoms with van der Waals surface area (Å²) in [5.74, 6) is 0.871. The Morgan fingerprint density at radius 3 is 1.70 bits per heavy atom. The smallest absolute Gasteiger partial charge is 0.143 e. The van der Waals surface area contributed by atoms with Gasteiger partial charge in [-0.05, 0) is 69.9 Å². The normalized spacial score (nSPS) is 11.2. The van der Waals surface area contributed by atoms with Crippen LogP contribution in [0.4, 0.5) is 17.1 Å². The molecule has 0 aliphatic carbocycles. The van der Waals surface area contributed by atoms with E-state index in [0.29, 0.717) is 0 Å². The van der Waals surface area contributed by atoms with Crippen LogP contribution in [0.25, 0.3) is 55.3 Å². The lowest BCUT2D eigenvalue weighted by atomic mass is 9.98. The average Bonchev–Trinajstić information content (AvgIpc) is 3.49. The minimum Gasteiger partial charge on any atom is -0.455 e. The van der Waals surface area contributed by atoms with Gasteiger partial charge in [0.15, 0.2) is 0 Å². The second kappa shape index (κ2) is 11.1. The molecule has 0 aliphatic heterocycles. The van der Waals surface area contributed by atoms with E-state index in [2.05, 4.69) is 169 Å². The molecule has 8 rings (SSSR count). The maximum atomic E-state index is 6.60. The third kappa shape index (κ3) is 4.73.